The molecule has 1 heterocycles. The highest BCUT2D eigenvalue weighted by molar-refractivity contribution is 4.79. The Morgan fingerprint density at radius 1 is 1.00 bits per heavy atom. The summed E-state index contributed by atoms with van der Waals surface area (Å²) in [6.07, 6.45) is 9.75. The second kappa shape index (κ2) is 8.16. The van der Waals surface area contributed by atoms with Crippen LogP contribution >= 0.6 is 0 Å². The smallest absolute Gasteiger partial charge is 0.0220 e. The lowest BCUT2D eigenvalue weighted by atomic mass is 10.0. The van der Waals surface area contributed by atoms with Crippen LogP contribution < -0.4 is 5.32 Å². The van der Waals surface area contributed by atoms with Gasteiger partial charge in [0.1, 0.15) is 0 Å². The zero-order valence-corrected chi connectivity index (χ0v) is 13.1. The van der Waals surface area contributed by atoms with Crippen LogP contribution in [0.4, 0.5) is 0 Å². The van der Waals surface area contributed by atoms with E-state index in [0.717, 1.165) is 12.6 Å². The zero-order valence-electron chi connectivity index (χ0n) is 13.1. The third-order valence-electron chi connectivity index (χ3n) is 3.90. The Hall–Kier alpha value is -0.0800. The predicted molar refractivity (Wildman–Crippen MR) is 81.1 cm³/mol. The van der Waals surface area contributed by atoms with Crippen molar-refractivity contribution in [1.29, 1.82) is 0 Å². The standard InChI is InChI=1S/C16H34N2/c1-5-11-15(14-17-16(2,3)4)18-12-9-7-6-8-10-13-18/h15,17H,5-14H2,1-4H3. The molecule has 2 nitrogen and oxygen atoms in total. The first-order valence-electron chi connectivity index (χ1n) is 8.02. The summed E-state index contributed by atoms with van der Waals surface area (Å²) in [6, 6.07) is 0.743. The summed E-state index contributed by atoms with van der Waals surface area (Å²) in [5, 5.41) is 3.70. The Morgan fingerprint density at radius 3 is 2.06 bits per heavy atom. The number of nitrogens with one attached hydrogen (secondary N) is 1. The first kappa shape index (κ1) is 16.0. The highest BCUT2D eigenvalue weighted by Crippen LogP contribution is 2.16. The minimum atomic E-state index is 0.245. The number of rotatable bonds is 5. The minimum absolute atomic E-state index is 0.245. The normalized spacial score (nSPS) is 21.3. The summed E-state index contributed by atoms with van der Waals surface area (Å²) in [5.74, 6) is 0. The molecule has 0 bridgehead atoms. The van der Waals surface area contributed by atoms with Gasteiger partial charge in [0.25, 0.3) is 0 Å². The highest BCUT2D eigenvalue weighted by atomic mass is 15.2. The molecule has 1 aliphatic heterocycles. The number of hydrogen-bond donors (Lipinski definition) is 1. The van der Waals surface area contributed by atoms with E-state index in [-0.39, 0.29) is 5.54 Å². The molecular formula is C16H34N2. The van der Waals surface area contributed by atoms with E-state index in [1.165, 1.54) is 58.0 Å². The molecule has 0 aromatic rings. The molecule has 1 N–H and O–H groups in total. The Bertz CT molecular complexity index is 200. The van der Waals surface area contributed by atoms with Crippen LogP contribution in [0.25, 0.3) is 0 Å². The molecule has 108 valence electrons. The fourth-order valence-corrected chi connectivity index (χ4v) is 2.81. The quantitative estimate of drug-likeness (QED) is 0.802. The van der Waals surface area contributed by atoms with Gasteiger partial charge < -0.3 is 5.32 Å². The van der Waals surface area contributed by atoms with Gasteiger partial charge in [0.05, 0.1) is 0 Å². The third-order valence-corrected chi connectivity index (χ3v) is 3.90. The lowest BCUT2D eigenvalue weighted by Gasteiger charge is -2.35. The van der Waals surface area contributed by atoms with Gasteiger partial charge in [-0.3, -0.25) is 4.90 Å². The zero-order chi connectivity index (χ0) is 13.4. The molecule has 0 aromatic carbocycles. The molecule has 0 radical (unpaired) electrons. The van der Waals surface area contributed by atoms with E-state index in [1.54, 1.807) is 0 Å². The van der Waals surface area contributed by atoms with Gasteiger partial charge in [0.2, 0.25) is 0 Å². The van der Waals surface area contributed by atoms with E-state index in [1.807, 2.05) is 0 Å². The van der Waals surface area contributed by atoms with Crippen molar-refractivity contribution < 1.29 is 0 Å². The molecule has 0 aliphatic carbocycles. The number of nitrogens with zero attached hydrogens (tertiary/aromatic N) is 1. The lowest BCUT2D eigenvalue weighted by Crippen LogP contribution is -2.48. The Labute approximate surface area is 115 Å². The number of hydrogen-bond acceptors (Lipinski definition) is 2. The topological polar surface area (TPSA) is 15.3 Å². The van der Waals surface area contributed by atoms with Crippen molar-refractivity contribution in [2.24, 2.45) is 0 Å². The van der Waals surface area contributed by atoms with Crippen LogP contribution in [0.1, 0.15) is 72.6 Å². The molecule has 1 fully saturated rings. The molecule has 0 amide bonds. The van der Waals surface area contributed by atoms with Gasteiger partial charge in [0.15, 0.2) is 0 Å². The fraction of sp³-hybridized carbons (Fsp3) is 1.00. The molecule has 1 unspecified atom stereocenters. The van der Waals surface area contributed by atoms with Crippen LogP contribution in [0.5, 0.6) is 0 Å². The first-order chi connectivity index (χ1) is 8.53. The van der Waals surface area contributed by atoms with Crippen molar-refractivity contribution in [2.75, 3.05) is 19.6 Å². The van der Waals surface area contributed by atoms with Crippen molar-refractivity contribution in [3.05, 3.63) is 0 Å². The summed E-state index contributed by atoms with van der Waals surface area (Å²) >= 11 is 0. The molecule has 1 rings (SSSR count). The molecule has 0 saturated carbocycles. The van der Waals surface area contributed by atoms with Crippen molar-refractivity contribution in [3.63, 3.8) is 0 Å². The summed E-state index contributed by atoms with van der Waals surface area (Å²) < 4.78 is 0. The summed E-state index contributed by atoms with van der Waals surface area (Å²) in [6.45, 7) is 12.9. The molecule has 1 saturated heterocycles. The van der Waals surface area contributed by atoms with Crippen LogP contribution in [0.15, 0.2) is 0 Å². The lowest BCUT2D eigenvalue weighted by molar-refractivity contribution is 0.158. The third kappa shape index (κ3) is 6.75. The van der Waals surface area contributed by atoms with E-state index >= 15 is 0 Å². The summed E-state index contributed by atoms with van der Waals surface area (Å²) in [7, 11) is 0. The average Bonchev–Trinajstić information content (AvgIpc) is 2.23. The maximum absolute atomic E-state index is 3.70. The maximum atomic E-state index is 3.70. The predicted octanol–water partition coefficient (Wildman–Crippen LogP) is 3.81. The van der Waals surface area contributed by atoms with Crippen LogP contribution in [-0.4, -0.2) is 36.1 Å². The van der Waals surface area contributed by atoms with Crippen molar-refractivity contribution in [1.82, 2.24) is 10.2 Å². The SMILES string of the molecule is CCCC(CNC(C)(C)C)N1CCCCCCC1. The second-order valence-corrected chi connectivity index (χ2v) is 6.88. The van der Waals surface area contributed by atoms with E-state index in [2.05, 4.69) is 37.9 Å². The number of likely N-dealkylation sites (tertiary alicyclic amines) is 1. The van der Waals surface area contributed by atoms with E-state index in [4.69, 9.17) is 0 Å². The molecule has 0 spiro atoms. The summed E-state index contributed by atoms with van der Waals surface area (Å²) in [5.41, 5.74) is 0.245. The molecule has 0 aromatic heterocycles. The first-order valence-corrected chi connectivity index (χ1v) is 8.02. The van der Waals surface area contributed by atoms with Crippen LogP contribution in [0.3, 0.4) is 0 Å². The van der Waals surface area contributed by atoms with Gasteiger partial charge in [-0.1, -0.05) is 32.6 Å². The van der Waals surface area contributed by atoms with Gasteiger partial charge in [-0.2, -0.15) is 0 Å². The van der Waals surface area contributed by atoms with Crippen molar-refractivity contribution >= 4 is 0 Å². The van der Waals surface area contributed by atoms with E-state index in [9.17, 15) is 0 Å². The van der Waals surface area contributed by atoms with Gasteiger partial charge in [-0.25, -0.2) is 0 Å². The molecule has 18 heavy (non-hydrogen) atoms. The monoisotopic (exact) mass is 254 g/mol. The summed E-state index contributed by atoms with van der Waals surface area (Å²) in [4.78, 5) is 2.75. The molecular weight excluding hydrogens is 220 g/mol. The van der Waals surface area contributed by atoms with Gasteiger partial charge in [-0.05, 0) is 53.1 Å². The maximum Gasteiger partial charge on any atom is 0.0220 e. The van der Waals surface area contributed by atoms with Crippen LogP contribution in [0, 0.1) is 0 Å². The van der Waals surface area contributed by atoms with Gasteiger partial charge in [-0.15, -0.1) is 0 Å². The highest BCUT2D eigenvalue weighted by Gasteiger charge is 2.20. The molecule has 1 aliphatic rings. The van der Waals surface area contributed by atoms with Gasteiger partial charge in [0, 0.05) is 18.1 Å². The average molecular weight is 254 g/mol. The largest absolute Gasteiger partial charge is 0.311 e. The Kier molecular flexibility index (Phi) is 7.25. The Morgan fingerprint density at radius 2 is 1.56 bits per heavy atom. The van der Waals surface area contributed by atoms with Crippen molar-refractivity contribution in [3.8, 4) is 0 Å². The van der Waals surface area contributed by atoms with Crippen LogP contribution in [0.2, 0.25) is 0 Å². The molecule has 2 heteroatoms. The van der Waals surface area contributed by atoms with Crippen LogP contribution in [-0.2, 0) is 0 Å². The Balaban J connectivity index is 2.46. The van der Waals surface area contributed by atoms with E-state index in [0.29, 0.717) is 0 Å². The second-order valence-electron chi connectivity index (χ2n) is 6.88. The fourth-order valence-electron chi connectivity index (χ4n) is 2.81. The van der Waals surface area contributed by atoms with Gasteiger partial charge >= 0.3 is 0 Å². The van der Waals surface area contributed by atoms with E-state index < -0.39 is 0 Å². The molecule has 1 atom stereocenters. The van der Waals surface area contributed by atoms with Crippen molar-refractivity contribution in [2.45, 2.75) is 84.2 Å². The minimum Gasteiger partial charge on any atom is -0.311 e.